The lowest BCUT2D eigenvalue weighted by Gasteiger charge is -2.32. The minimum absolute atomic E-state index is 0.427. The summed E-state index contributed by atoms with van der Waals surface area (Å²) in [6.07, 6.45) is 0.716. The fourth-order valence-corrected chi connectivity index (χ4v) is 1.99. The van der Waals surface area contributed by atoms with Gasteiger partial charge in [-0.1, -0.05) is 0 Å². The molecular weight excluding hydrogens is 180 g/mol. The van der Waals surface area contributed by atoms with Crippen molar-refractivity contribution in [2.75, 3.05) is 27.2 Å². The Kier molecular flexibility index (Phi) is 3.17. The van der Waals surface area contributed by atoms with Crippen LogP contribution in [0.2, 0.25) is 0 Å². The van der Waals surface area contributed by atoms with Gasteiger partial charge in [0.15, 0.2) is 0 Å². The van der Waals surface area contributed by atoms with Crippen LogP contribution in [0.4, 0.5) is 0 Å². The summed E-state index contributed by atoms with van der Waals surface area (Å²) in [5, 5.41) is 9.27. The van der Waals surface area contributed by atoms with Crippen molar-refractivity contribution in [1.29, 1.82) is 0 Å². The lowest BCUT2D eigenvalue weighted by molar-refractivity contribution is -0.149. The molecule has 1 unspecified atom stereocenters. The number of nitrogens with zero attached hydrogens (tertiary/aromatic N) is 2. The van der Waals surface area contributed by atoms with Crippen LogP contribution in [0, 0.1) is 0 Å². The Balaban J connectivity index is 2.80. The molecule has 0 saturated carbocycles. The molecule has 0 aliphatic carbocycles. The van der Waals surface area contributed by atoms with Gasteiger partial charge in [-0.25, -0.2) is 0 Å². The number of hydrogen-bond donors (Lipinski definition) is 1. The van der Waals surface area contributed by atoms with Crippen molar-refractivity contribution in [3.8, 4) is 0 Å². The maximum Gasteiger partial charge on any atom is 0.325 e. The quantitative estimate of drug-likeness (QED) is 0.720. The van der Waals surface area contributed by atoms with Crippen LogP contribution in [-0.2, 0) is 4.79 Å². The van der Waals surface area contributed by atoms with E-state index in [2.05, 4.69) is 18.7 Å². The molecule has 1 rings (SSSR count). The Morgan fingerprint density at radius 1 is 1.50 bits per heavy atom. The largest absolute Gasteiger partial charge is 0.480 e. The highest BCUT2D eigenvalue weighted by Crippen LogP contribution is 2.27. The van der Waals surface area contributed by atoms with Gasteiger partial charge >= 0.3 is 5.97 Å². The van der Waals surface area contributed by atoms with E-state index in [9.17, 15) is 9.90 Å². The molecule has 4 nitrogen and oxygen atoms in total. The molecule has 1 heterocycles. The summed E-state index contributed by atoms with van der Waals surface area (Å²) in [7, 11) is 3.69. The summed E-state index contributed by atoms with van der Waals surface area (Å²) in [6.45, 7) is 5.72. The highest BCUT2D eigenvalue weighted by Gasteiger charge is 2.47. The molecule has 4 heteroatoms. The number of likely N-dealkylation sites (N-methyl/N-ethyl adjacent to an activating group) is 1. The fourth-order valence-electron chi connectivity index (χ4n) is 1.99. The van der Waals surface area contributed by atoms with E-state index in [1.165, 1.54) is 0 Å². The molecule has 82 valence electrons. The lowest BCUT2D eigenvalue weighted by Crippen LogP contribution is -2.53. The van der Waals surface area contributed by atoms with Crippen LogP contribution in [0.15, 0.2) is 0 Å². The van der Waals surface area contributed by atoms with E-state index in [4.69, 9.17) is 0 Å². The molecule has 0 aromatic heterocycles. The third-order valence-electron chi connectivity index (χ3n) is 3.26. The molecule has 1 N–H and O–H groups in total. The van der Waals surface area contributed by atoms with E-state index in [0.717, 1.165) is 6.54 Å². The van der Waals surface area contributed by atoms with Crippen LogP contribution in [0.3, 0.4) is 0 Å². The molecule has 1 aliphatic heterocycles. The lowest BCUT2D eigenvalue weighted by atomic mass is 9.97. The van der Waals surface area contributed by atoms with Crippen molar-refractivity contribution in [2.45, 2.75) is 31.8 Å². The van der Waals surface area contributed by atoms with E-state index in [0.29, 0.717) is 19.0 Å². The molecule has 1 fully saturated rings. The van der Waals surface area contributed by atoms with Gasteiger partial charge in [-0.05, 0) is 34.4 Å². The van der Waals surface area contributed by atoms with Crippen molar-refractivity contribution >= 4 is 5.97 Å². The number of carboxylic acids is 1. The number of likely N-dealkylation sites (tertiary alicyclic amines) is 1. The molecule has 0 bridgehead atoms. The van der Waals surface area contributed by atoms with Gasteiger partial charge in [-0.15, -0.1) is 0 Å². The topological polar surface area (TPSA) is 43.8 Å². The van der Waals surface area contributed by atoms with Crippen LogP contribution < -0.4 is 0 Å². The molecule has 0 spiro atoms. The zero-order chi connectivity index (χ0) is 10.9. The summed E-state index contributed by atoms with van der Waals surface area (Å²) >= 11 is 0. The van der Waals surface area contributed by atoms with Crippen molar-refractivity contribution in [1.82, 2.24) is 9.80 Å². The number of aliphatic carboxylic acids is 1. The van der Waals surface area contributed by atoms with Crippen LogP contribution in [0.25, 0.3) is 0 Å². The second-order valence-electron chi connectivity index (χ2n) is 4.55. The molecule has 1 aliphatic rings. The van der Waals surface area contributed by atoms with Gasteiger partial charge in [0.05, 0.1) is 0 Å². The Morgan fingerprint density at radius 2 is 2.07 bits per heavy atom. The molecule has 1 atom stereocenters. The average Bonchev–Trinajstić information content (AvgIpc) is 2.48. The average molecular weight is 200 g/mol. The minimum Gasteiger partial charge on any atom is -0.480 e. The van der Waals surface area contributed by atoms with E-state index >= 15 is 0 Å². The molecule has 0 aromatic carbocycles. The van der Waals surface area contributed by atoms with Crippen molar-refractivity contribution in [3.63, 3.8) is 0 Å². The number of carbonyl (C=O) groups is 1. The first-order valence-electron chi connectivity index (χ1n) is 5.05. The minimum atomic E-state index is -0.703. The Morgan fingerprint density at radius 3 is 2.29 bits per heavy atom. The Hall–Kier alpha value is -0.610. The summed E-state index contributed by atoms with van der Waals surface area (Å²) in [6, 6.07) is 0.427. The molecular formula is C10H20N2O2. The van der Waals surface area contributed by atoms with Gasteiger partial charge in [0.1, 0.15) is 5.54 Å². The summed E-state index contributed by atoms with van der Waals surface area (Å²) in [4.78, 5) is 15.3. The van der Waals surface area contributed by atoms with E-state index in [1.807, 2.05) is 19.0 Å². The van der Waals surface area contributed by atoms with Crippen LogP contribution >= 0.6 is 0 Å². The second-order valence-corrected chi connectivity index (χ2v) is 4.55. The first-order valence-corrected chi connectivity index (χ1v) is 5.05. The van der Waals surface area contributed by atoms with Gasteiger partial charge in [-0.3, -0.25) is 14.6 Å². The fraction of sp³-hybridized carbons (Fsp3) is 0.900. The third-order valence-corrected chi connectivity index (χ3v) is 3.26. The third kappa shape index (κ3) is 1.77. The Bertz CT molecular complexity index is 228. The first kappa shape index (κ1) is 11.5. The zero-order valence-electron chi connectivity index (χ0n) is 9.45. The summed E-state index contributed by atoms with van der Waals surface area (Å²) in [5.74, 6) is -0.703. The van der Waals surface area contributed by atoms with Gasteiger partial charge in [0, 0.05) is 19.1 Å². The molecule has 0 aromatic rings. The second kappa shape index (κ2) is 3.87. The normalized spacial score (nSPS) is 29.0. The van der Waals surface area contributed by atoms with Crippen LogP contribution in [0.5, 0.6) is 0 Å². The van der Waals surface area contributed by atoms with E-state index in [-0.39, 0.29) is 0 Å². The predicted molar refractivity (Wildman–Crippen MR) is 55.4 cm³/mol. The maximum absolute atomic E-state index is 11.3. The van der Waals surface area contributed by atoms with Crippen LogP contribution in [-0.4, -0.2) is 59.6 Å². The van der Waals surface area contributed by atoms with Gasteiger partial charge in [-0.2, -0.15) is 0 Å². The zero-order valence-corrected chi connectivity index (χ0v) is 9.45. The summed E-state index contributed by atoms with van der Waals surface area (Å²) < 4.78 is 0. The Labute approximate surface area is 85.5 Å². The highest BCUT2D eigenvalue weighted by molar-refractivity contribution is 5.79. The van der Waals surface area contributed by atoms with E-state index < -0.39 is 11.5 Å². The predicted octanol–water partition coefficient (Wildman–Crippen LogP) is 0.486. The number of hydrogen-bond acceptors (Lipinski definition) is 3. The van der Waals surface area contributed by atoms with Gasteiger partial charge in [0.2, 0.25) is 0 Å². The molecule has 0 amide bonds. The van der Waals surface area contributed by atoms with Crippen molar-refractivity contribution in [2.24, 2.45) is 0 Å². The highest BCUT2D eigenvalue weighted by atomic mass is 16.4. The summed E-state index contributed by atoms with van der Waals surface area (Å²) in [5.41, 5.74) is -0.676. The van der Waals surface area contributed by atoms with Gasteiger partial charge in [0.25, 0.3) is 0 Å². The SMILES string of the molecule is CC(C)N1CCC(C(=O)O)(N(C)C)C1. The standard InChI is InChI=1S/C10H20N2O2/c1-8(2)12-6-5-10(7-12,9(13)14)11(3)4/h8H,5-7H2,1-4H3,(H,13,14). The molecule has 14 heavy (non-hydrogen) atoms. The van der Waals surface area contributed by atoms with Crippen molar-refractivity contribution in [3.05, 3.63) is 0 Å². The monoisotopic (exact) mass is 200 g/mol. The molecule has 0 radical (unpaired) electrons. The van der Waals surface area contributed by atoms with Crippen molar-refractivity contribution < 1.29 is 9.90 Å². The first-order chi connectivity index (χ1) is 6.40. The maximum atomic E-state index is 11.3. The number of carboxylic acid groups (broad SMARTS) is 1. The smallest absolute Gasteiger partial charge is 0.325 e. The van der Waals surface area contributed by atoms with Crippen LogP contribution in [0.1, 0.15) is 20.3 Å². The molecule has 1 saturated heterocycles. The van der Waals surface area contributed by atoms with Gasteiger partial charge < -0.3 is 5.11 Å². The number of rotatable bonds is 3. The van der Waals surface area contributed by atoms with E-state index in [1.54, 1.807) is 0 Å².